The van der Waals surface area contributed by atoms with Crippen molar-refractivity contribution in [3.05, 3.63) is 0 Å². The summed E-state index contributed by atoms with van der Waals surface area (Å²) in [5.74, 6) is -3.77. The molecular formula is C19H31F5N2O2S. The van der Waals surface area contributed by atoms with E-state index in [4.69, 9.17) is 0 Å². The molecule has 1 fully saturated rings. The van der Waals surface area contributed by atoms with Gasteiger partial charge in [0.1, 0.15) is 5.54 Å². The number of carbonyl (C=O) groups excluding carboxylic acids is 2. The molecule has 4 nitrogen and oxygen atoms in total. The van der Waals surface area contributed by atoms with E-state index >= 15 is 0 Å². The lowest BCUT2D eigenvalue weighted by Crippen LogP contribution is -2.44. The zero-order valence-electron chi connectivity index (χ0n) is 17.0. The van der Waals surface area contributed by atoms with Crippen LogP contribution in [0.5, 0.6) is 0 Å². The molecule has 10 heteroatoms. The molecule has 0 aliphatic carbocycles. The third-order valence-electron chi connectivity index (χ3n) is 5.06. The fourth-order valence-corrected chi connectivity index (χ4v) is 4.03. The van der Waals surface area contributed by atoms with Crippen molar-refractivity contribution < 1.29 is 31.5 Å². The molecule has 0 aromatic rings. The number of unbranched alkanes of at least 4 members (excludes halogenated alkanes) is 6. The monoisotopic (exact) mass is 446 g/mol. The number of nitrogens with one attached hydrogen (secondary N) is 1. The highest BCUT2D eigenvalue weighted by atomic mass is 32.2. The first-order valence-electron chi connectivity index (χ1n) is 10.0. The zero-order valence-corrected chi connectivity index (χ0v) is 17.9. The standard InChI is InChI=1S/C19H31F5N2O2S/c1-17(2)15(27)25-16(28)26(17)12-8-6-4-3-5-7-9-13-29-14-10-11-18(20,21)19(22,23)24/h3-14H2,1-2H3,(H,25,27,28). The van der Waals surface area contributed by atoms with E-state index in [1.54, 1.807) is 18.7 Å². The molecule has 1 heterocycles. The number of carbonyl (C=O) groups is 2. The first kappa shape index (κ1) is 26.0. The van der Waals surface area contributed by atoms with E-state index < -0.39 is 24.1 Å². The molecule has 1 rings (SSSR count). The number of halogens is 5. The quantitative estimate of drug-likeness (QED) is 0.210. The number of thioether (sulfide) groups is 1. The fraction of sp³-hybridized carbons (Fsp3) is 0.895. The van der Waals surface area contributed by atoms with Crippen LogP contribution in [0.2, 0.25) is 0 Å². The van der Waals surface area contributed by atoms with E-state index in [-0.39, 0.29) is 18.4 Å². The molecule has 0 atom stereocenters. The number of urea groups is 1. The first-order valence-corrected chi connectivity index (χ1v) is 11.2. The molecule has 0 aromatic carbocycles. The van der Waals surface area contributed by atoms with Crippen molar-refractivity contribution in [3.63, 3.8) is 0 Å². The van der Waals surface area contributed by atoms with Crippen LogP contribution in [-0.2, 0) is 4.79 Å². The Morgan fingerprint density at radius 1 is 0.862 bits per heavy atom. The van der Waals surface area contributed by atoms with Gasteiger partial charge in [-0.05, 0) is 44.6 Å². The Kier molecular flexibility index (Phi) is 10.2. The van der Waals surface area contributed by atoms with Crippen molar-refractivity contribution in [3.8, 4) is 0 Å². The van der Waals surface area contributed by atoms with E-state index in [0.29, 0.717) is 12.3 Å². The van der Waals surface area contributed by atoms with Gasteiger partial charge in [-0.2, -0.15) is 33.7 Å². The highest BCUT2D eigenvalue weighted by Gasteiger charge is 2.56. The Morgan fingerprint density at radius 3 is 1.90 bits per heavy atom. The van der Waals surface area contributed by atoms with Gasteiger partial charge in [0.2, 0.25) is 0 Å². The number of rotatable bonds is 14. The van der Waals surface area contributed by atoms with Gasteiger partial charge in [-0.25, -0.2) is 4.79 Å². The van der Waals surface area contributed by atoms with Gasteiger partial charge in [0.25, 0.3) is 5.91 Å². The summed E-state index contributed by atoms with van der Waals surface area (Å²) in [7, 11) is 0. The Hall–Kier alpha value is -1.06. The predicted octanol–water partition coefficient (Wildman–Crippen LogP) is 5.76. The number of nitrogens with zero attached hydrogens (tertiary/aromatic N) is 1. The summed E-state index contributed by atoms with van der Waals surface area (Å²) in [5, 5.41) is 2.32. The molecule has 0 aromatic heterocycles. The first-order chi connectivity index (χ1) is 13.4. The molecule has 170 valence electrons. The molecule has 0 radical (unpaired) electrons. The van der Waals surface area contributed by atoms with Gasteiger partial charge >= 0.3 is 18.1 Å². The summed E-state index contributed by atoms with van der Waals surface area (Å²) in [5.41, 5.74) is -0.794. The molecule has 1 aliphatic heterocycles. The summed E-state index contributed by atoms with van der Waals surface area (Å²) in [6.07, 6.45) is 0.112. The van der Waals surface area contributed by atoms with Gasteiger partial charge in [0.05, 0.1) is 0 Å². The number of hydrogen-bond acceptors (Lipinski definition) is 3. The summed E-state index contributed by atoms with van der Waals surface area (Å²) in [6.45, 7) is 4.01. The van der Waals surface area contributed by atoms with Crippen LogP contribution in [0.4, 0.5) is 26.7 Å². The van der Waals surface area contributed by atoms with Crippen LogP contribution >= 0.6 is 11.8 Å². The van der Waals surface area contributed by atoms with E-state index in [0.717, 1.165) is 50.7 Å². The normalized spacial score (nSPS) is 17.1. The van der Waals surface area contributed by atoms with E-state index in [9.17, 15) is 31.5 Å². The second-order valence-electron chi connectivity index (χ2n) is 7.86. The lowest BCUT2D eigenvalue weighted by atomic mass is 10.0. The van der Waals surface area contributed by atoms with Gasteiger partial charge < -0.3 is 4.90 Å². The lowest BCUT2D eigenvalue weighted by Gasteiger charge is -2.27. The van der Waals surface area contributed by atoms with Crippen molar-refractivity contribution in [1.29, 1.82) is 0 Å². The minimum absolute atomic E-state index is 0.144. The average molecular weight is 447 g/mol. The van der Waals surface area contributed by atoms with Crippen LogP contribution in [-0.4, -0.2) is 52.5 Å². The summed E-state index contributed by atoms with van der Waals surface area (Å²) in [6, 6.07) is -0.334. The van der Waals surface area contributed by atoms with Crippen molar-refractivity contribution in [2.24, 2.45) is 0 Å². The molecule has 0 saturated carbocycles. The van der Waals surface area contributed by atoms with E-state index in [2.05, 4.69) is 5.32 Å². The van der Waals surface area contributed by atoms with Crippen molar-refractivity contribution >= 4 is 23.7 Å². The van der Waals surface area contributed by atoms with Gasteiger partial charge in [0.15, 0.2) is 0 Å². The zero-order chi connectivity index (χ0) is 22.1. The topological polar surface area (TPSA) is 49.4 Å². The van der Waals surface area contributed by atoms with Crippen LogP contribution in [0, 0.1) is 0 Å². The Morgan fingerprint density at radius 2 is 1.38 bits per heavy atom. The number of alkyl halides is 5. The highest BCUT2D eigenvalue weighted by Crippen LogP contribution is 2.39. The molecule has 1 N–H and O–H groups in total. The van der Waals surface area contributed by atoms with Crippen molar-refractivity contribution in [1.82, 2.24) is 10.2 Å². The maximum atomic E-state index is 12.7. The molecule has 1 saturated heterocycles. The second-order valence-corrected chi connectivity index (χ2v) is 9.09. The molecule has 0 spiro atoms. The SMILES string of the molecule is CC1(C)C(=O)NC(=O)N1CCCCCCCCCSCCCC(F)(F)C(F)(F)F. The van der Waals surface area contributed by atoms with Crippen LogP contribution < -0.4 is 5.32 Å². The largest absolute Gasteiger partial charge is 0.453 e. The third kappa shape index (κ3) is 8.30. The van der Waals surface area contributed by atoms with Gasteiger partial charge in [0, 0.05) is 13.0 Å². The number of amides is 3. The van der Waals surface area contributed by atoms with Crippen LogP contribution in [0.1, 0.15) is 71.6 Å². The summed E-state index contributed by atoms with van der Waals surface area (Å²) < 4.78 is 61.5. The Balaban J connectivity index is 1.93. The van der Waals surface area contributed by atoms with Gasteiger partial charge in [-0.3, -0.25) is 10.1 Å². The van der Waals surface area contributed by atoms with Gasteiger partial charge in [-0.1, -0.05) is 32.1 Å². The third-order valence-corrected chi connectivity index (χ3v) is 6.22. The van der Waals surface area contributed by atoms with E-state index in [1.807, 2.05) is 0 Å². The second kappa shape index (κ2) is 11.4. The van der Waals surface area contributed by atoms with Crippen LogP contribution in [0.25, 0.3) is 0 Å². The van der Waals surface area contributed by atoms with Crippen molar-refractivity contribution in [2.75, 3.05) is 18.1 Å². The minimum Gasteiger partial charge on any atom is -0.310 e. The molecular weight excluding hydrogens is 415 g/mol. The Bertz CT molecular complexity index is 541. The highest BCUT2D eigenvalue weighted by molar-refractivity contribution is 7.99. The predicted molar refractivity (Wildman–Crippen MR) is 104 cm³/mol. The summed E-state index contributed by atoms with van der Waals surface area (Å²) >= 11 is 1.42. The maximum absolute atomic E-state index is 12.7. The Labute approximate surface area is 173 Å². The number of hydrogen-bond donors (Lipinski definition) is 1. The fourth-order valence-electron chi connectivity index (χ4n) is 3.07. The smallest absolute Gasteiger partial charge is 0.310 e. The van der Waals surface area contributed by atoms with Crippen molar-refractivity contribution in [2.45, 2.75) is 89.3 Å². The molecule has 29 heavy (non-hydrogen) atoms. The van der Waals surface area contributed by atoms with Gasteiger partial charge in [-0.15, -0.1) is 0 Å². The maximum Gasteiger partial charge on any atom is 0.453 e. The lowest BCUT2D eigenvalue weighted by molar-refractivity contribution is -0.284. The molecule has 0 unspecified atom stereocenters. The summed E-state index contributed by atoms with van der Waals surface area (Å²) in [4.78, 5) is 25.0. The van der Waals surface area contributed by atoms with Crippen LogP contribution in [0.15, 0.2) is 0 Å². The minimum atomic E-state index is -5.45. The number of imide groups is 1. The molecule has 3 amide bonds. The molecule has 0 bridgehead atoms. The molecule has 1 aliphatic rings. The average Bonchev–Trinajstić information content (AvgIpc) is 2.79. The van der Waals surface area contributed by atoms with Crippen LogP contribution in [0.3, 0.4) is 0 Å². The van der Waals surface area contributed by atoms with E-state index in [1.165, 1.54) is 11.8 Å².